The first kappa shape index (κ1) is 14.7. The van der Waals surface area contributed by atoms with Crippen LogP contribution in [-0.2, 0) is 4.79 Å². The number of primary amides is 1. The minimum absolute atomic E-state index is 0.117. The monoisotopic (exact) mass is 229 g/mol. The van der Waals surface area contributed by atoms with Gasteiger partial charge in [-0.15, -0.1) is 0 Å². The SMILES string of the molecule is CC(C)CCC(=O)N(C)CCN(C)C(N)=O. The maximum Gasteiger partial charge on any atom is 0.314 e. The number of carbonyl (C=O) groups is 2. The Bertz CT molecular complexity index is 241. The molecule has 2 N–H and O–H groups in total. The number of likely N-dealkylation sites (N-methyl/N-ethyl adjacent to an activating group) is 2. The molecule has 0 aromatic rings. The van der Waals surface area contributed by atoms with E-state index in [1.165, 1.54) is 4.90 Å². The van der Waals surface area contributed by atoms with Gasteiger partial charge in [-0.2, -0.15) is 0 Å². The first-order valence-corrected chi connectivity index (χ1v) is 5.59. The average Bonchev–Trinajstić information content (AvgIpc) is 2.21. The average molecular weight is 229 g/mol. The Morgan fingerprint density at radius 1 is 1.12 bits per heavy atom. The molecule has 0 aromatic carbocycles. The lowest BCUT2D eigenvalue weighted by molar-refractivity contribution is -0.130. The Balaban J connectivity index is 3.83. The molecule has 94 valence electrons. The molecule has 0 heterocycles. The first-order valence-electron chi connectivity index (χ1n) is 5.59. The zero-order valence-electron chi connectivity index (χ0n) is 10.7. The summed E-state index contributed by atoms with van der Waals surface area (Å²) >= 11 is 0. The van der Waals surface area contributed by atoms with Crippen LogP contribution in [-0.4, -0.2) is 48.9 Å². The van der Waals surface area contributed by atoms with E-state index in [1.807, 2.05) is 0 Å². The molecular weight excluding hydrogens is 206 g/mol. The van der Waals surface area contributed by atoms with Gasteiger partial charge < -0.3 is 15.5 Å². The van der Waals surface area contributed by atoms with Gasteiger partial charge >= 0.3 is 6.03 Å². The zero-order valence-corrected chi connectivity index (χ0v) is 10.7. The number of nitrogens with zero attached hydrogens (tertiary/aromatic N) is 2. The molecule has 0 saturated heterocycles. The molecule has 0 spiro atoms. The normalized spacial score (nSPS) is 10.3. The topological polar surface area (TPSA) is 66.6 Å². The molecule has 0 saturated carbocycles. The molecule has 0 aliphatic carbocycles. The van der Waals surface area contributed by atoms with Crippen LogP contribution in [0.15, 0.2) is 0 Å². The fourth-order valence-electron chi connectivity index (χ4n) is 1.14. The highest BCUT2D eigenvalue weighted by atomic mass is 16.2. The highest BCUT2D eigenvalue weighted by Crippen LogP contribution is 2.05. The van der Waals surface area contributed by atoms with Crippen molar-refractivity contribution >= 4 is 11.9 Å². The van der Waals surface area contributed by atoms with Gasteiger partial charge in [-0.1, -0.05) is 13.8 Å². The lowest BCUT2D eigenvalue weighted by Crippen LogP contribution is -2.39. The second-order valence-electron chi connectivity index (χ2n) is 4.51. The summed E-state index contributed by atoms with van der Waals surface area (Å²) in [5.41, 5.74) is 5.08. The molecule has 5 heteroatoms. The van der Waals surface area contributed by atoms with E-state index in [0.717, 1.165) is 6.42 Å². The number of hydrogen-bond acceptors (Lipinski definition) is 2. The molecule has 5 nitrogen and oxygen atoms in total. The molecule has 0 fully saturated rings. The Morgan fingerprint density at radius 2 is 1.62 bits per heavy atom. The summed E-state index contributed by atoms with van der Waals surface area (Å²) in [6, 6.07) is -0.469. The molecule has 0 aliphatic rings. The van der Waals surface area contributed by atoms with Crippen molar-refractivity contribution in [2.75, 3.05) is 27.2 Å². The largest absolute Gasteiger partial charge is 0.351 e. The van der Waals surface area contributed by atoms with Crippen LogP contribution in [0.1, 0.15) is 26.7 Å². The summed E-state index contributed by atoms with van der Waals surface area (Å²) in [6.45, 7) is 5.18. The van der Waals surface area contributed by atoms with Gasteiger partial charge in [-0.05, 0) is 12.3 Å². The zero-order chi connectivity index (χ0) is 12.7. The molecular formula is C11H23N3O2. The van der Waals surface area contributed by atoms with Crippen molar-refractivity contribution in [2.45, 2.75) is 26.7 Å². The van der Waals surface area contributed by atoms with Gasteiger partial charge in [0.25, 0.3) is 0 Å². The fraction of sp³-hybridized carbons (Fsp3) is 0.818. The van der Waals surface area contributed by atoms with Gasteiger partial charge in [0, 0.05) is 33.6 Å². The molecule has 0 aromatic heterocycles. The number of rotatable bonds is 6. The van der Waals surface area contributed by atoms with Crippen LogP contribution in [0, 0.1) is 5.92 Å². The van der Waals surface area contributed by atoms with Gasteiger partial charge in [-0.25, -0.2) is 4.79 Å². The minimum atomic E-state index is -0.469. The number of amides is 3. The Hall–Kier alpha value is -1.26. The second-order valence-corrected chi connectivity index (χ2v) is 4.51. The summed E-state index contributed by atoms with van der Waals surface area (Å²) in [5, 5.41) is 0. The van der Waals surface area contributed by atoms with E-state index in [1.54, 1.807) is 19.0 Å². The second kappa shape index (κ2) is 7.09. The molecule has 0 radical (unpaired) electrons. The van der Waals surface area contributed by atoms with E-state index in [-0.39, 0.29) is 5.91 Å². The summed E-state index contributed by atoms with van der Waals surface area (Å²) in [6.07, 6.45) is 1.46. The molecule has 0 atom stereocenters. The Morgan fingerprint density at radius 3 is 2.06 bits per heavy atom. The van der Waals surface area contributed by atoms with Crippen molar-refractivity contribution in [3.8, 4) is 0 Å². The number of carbonyl (C=O) groups excluding carboxylic acids is 2. The van der Waals surface area contributed by atoms with Gasteiger partial charge in [0.2, 0.25) is 5.91 Å². The third-order valence-corrected chi connectivity index (χ3v) is 2.51. The molecule has 0 rings (SSSR count). The van der Waals surface area contributed by atoms with Crippen LogP contribution < -0.4 is 5.73 Å². The van der Waals surface area contributed by atoms with Crippen LogP contribution >= 0.6 is 0 Å². The van der Waals surface area contributed by atoms with Crippen LogP contribution in [0.3, 0.4) is 0 Å². The van der Waals surface area contributed by atoms with Crippen LogP contribution in [0.5, 0.6) is 0 Å². The quantitative estimate of drug-likeness (QED) is 0.735. The predicted octanol–water partition coefficient (Wildman–Crippen LogP) is 0.891. The maximum absolute atomic E-state index is 11.6. The maximum atomic E-state index is 11.6. The van der Waals surface area contributed by atoms with E-state index in [9.17, 15) is 9.59 Å². The molecule has 0 bridgehead atoms. The van der Waals surface area contributed by atoms with Crippen molar-refractivity contribution in [1.29, 1.82) is 0 Å². The predicted molar refractivity (Wildman–Crippen MR) is 63.9 cm³/mol. The van der Waals surface area contributed by atoms with Crippen molar-refractivity contribution in [1.82, 2.24) is 9.80 Å². The van der Waals surface area contributed by atoms with E-state index < -0.39 is 6.03 Å². The lowest BCUT2D eigenvalue weighted by atomic mass is 10.1. The van der Waals surface area contributed by atoms with Gasteiger partial charge in [0.15, 0.2) is 0 Å². The van der Waals surface area contributed by atoms with E-state index >= 15 is 0 Å². The standard InChI is InChI=1S/C11H23N3O2/c1-9(2)5-6-10(15)13(3)7-8-14(4)11(12)16/h9H,5-8H2,1-4H3,(H2,12,16). The fourth-order valence-corrected chi connectivity index (χ4v) is 1.14. The van der Waals surface area contributed by atoms with Crippen LogP contribution in [0.2, 0.25) is 0 Å². The summed E-state index contributed by atoms with van der Waals surface area (Å²) in [5.74, 6) is 0.650. The number of hydrogen-bond donors (Lipinski definition) is 1. The highest BCUT2D eigenvalue weighted by Gasteiger charge is 2.11. The molecule has 16 heavy (non-hydrogen) atoms. The summed E-state index contributed by atoms with van der Waals surface area (Å²) < 4.78 is 0. The van der Waals surface area contributed by atoms with Crippen molar-refractivity contribution in [3.63, 3.8) is 0 Å². The van der Waals surface area contributed by atoms with E-state index in [2.05, 4.69) is 13.8 Å². The highest BCUT2D eigenvalue weighted by molar-refractivity contribution is 5.76. The number of nitrogens with two attached hydrogens (primary N) is 1. The molecule has 3 amide bonds. The van der Waals surface area contributed by atoms with Crippen molar-refractivity contribution < 1.29 is 9.59 Å². The summed E-state index contributed by atoms with van der Waals surface area (Å²) in [7, 11) is 3.37. The van der Waals surface area contributed by atoms with Crippen molar-refractivity contribution in [3.05, 3.63) is 0 Å². The minimum Gasteiger partial charge on any atom is -0.351 e. The number of urea groups is 1. The van der Waals surface area contributed by atoms with Crippen LogP contribution in [0.4, 0.5) is 4.79 Å². The van der Waals surface area contributed by atoms with Gasteiger partial charge in [-0.3, -0.25) is 4.79 Å². The lowest BCUT2D eigenvalue weighted by Gasteiger charge is -2.21. The van der Waals surface area contributed by atoms with Gasteiger partial charge in [0.05, 0.1) is 0 Å². The molecule has 0 unspecified atom stereocenters. The smallest absolute Gasteiger partial charge is 0.314 e. The van der Waals surface area contributed by atoms with Crippen molar-refractivity contribution in [2.24, 2.45) is 11.7 Å². The third-order valence-electron chi connectivity index (χ3n) is 2.51. The third kappa shape index (κ3) is 6.27. The summed E-state index contributed by atoms with van der Waals surface area (Å²) in [4.78, 5) is 25.4. The first-order chi connectivity index (χ1) is 7.34. The molecule has 0 aliphatic heterocycles. The van der Waals surface area contributed by atoms with E-state index in [0.29, 0.717) is 25.4 Å². The van der Waals surface area contributed by atoms with Gasteiger partial charge in [0.1, 0.15) is 0 Å². The Kier molecular flexibility index (Phi) is 6.53. The van der Waals surface area contributed by atoms with Crippen LogP contribution in [0.25, 0.3) is 0 Å². The Labute approximate surface area is 97.6 Å². The van der Waals surface area contributed by atoms with E-state index in [4.69, 9.17) is 5.73 Å².